The number of nitrogens with one attached hydrogen (secondary N) is 1. The maximum atomic E-state index is 13.1. The number of Topliss-reactive ketones (excluding diaryl/α,β-unsaturated/α-hetero) is 1. The van der Waals surface area contributed by atoms with Crippen LogP contribution in [0.3, 0.4) is 0 Å². The first-order valence-corrected chi connectivity index (χ1v) is 10.3. The van der Waals surface area contributed by atoms with E-state index in [1.807, 2.05) is 45.2 Å². The Hall–Kier alpha value is -2.66. The van der Waals surface area contributed by atoms with E-state index in [0.717, 1.165) is 23.4 Å². The second-order valence-electron chi connectivity index (χ2n) is 8.46. The van der Waals surface area contributed by atoms with Gasteiger partial charge in [0.05, 0.1) is 16.4 Å². The Morgan fingerprint density at radius 2 is 1.77 bits per heavy atom. The highest BCUT2D eigenvalue weighted by Gasteiger charge is 2.31. The summed E-state index contributed by atoms with van der Waals surface area (Å²) in [6, 6.07) is 11.1. The fourth-order valence-electron chi connectivity index (χ4n) is 2.78. The first-order chi connectivity index (χ1) is 13.9. The first-order valence-electron chi connectivity index (χ1n) is 9.96. The fourth-order valence-corrected chi connectivity index (χ4v) is 2.95. The van der Waals surface area contributed by atoms with Gasteiger partial charge in [0.25, 0.3) is 5.91 Å². The molecular formula is C24H30ClN3O2. The lowest BCUT2D eigenvalue weighted by atomic mass is 9.87. The van der Waals surface area contributed by atoms with E-state index in [2.05, 4.69) is 22.1 Å². The first kappa shape index (κ1) is 23.6. The zero-order valence-corrected chi connectivity index (χ0v) is 19.5. The summed E-state index contributed by atoms with van der Waals surface area (Å²) in [5, 5.41) is 3.15. The van der Waals surface area contributed by atoms with E-state index in [-0.39, 0.29) is 11.5 Å². The molecule has 6 heteroatoms. The Morgan fingerprint density at radius 3 is 2.33 bits per heavy atom. The van der Waals surface area contributed by atoms with Gasteiger partial charge in [0.2, 0.25) is 0 Å². The number of hydrogen-bond donors (Lipinski definition) is 1. The number of rotatable bonds is 6. The summed E-state index contributed by atoms with van der Waals surface area (Å²) in [5.74, 6) is -0.908. The van der Waals surface area contributed by atoms with Gasteiger partial charge < -0.3 is 10.2 Å². The number of hydrogen-bond acceptors (Lipinski definition) is 4. The number of benzene rings is 2. The molecule has 0 aliphatic heterocycles. The summed E-state index contributed by atoms with van der Waals surface area (Å²) in [6.07, 6.45) is 0. The van der Waals surface area contributed by atoms with Gasteiger partial charge in [0, 0.05) is 24.7 Å². The van der Waals surface area contributed by atoms with Gasteiger partial charge in [-0.05, 0) is 62.2 Å². The molecule has 2 aromatic rings. The summed E-state index contributed by atoms with van der Waals surface area (Å²) in [7, 11) is 2.01. The molecule has 0 heterocycles. The summed E-state index contributed by atoms with van der Waals surface area (Å²) in [4.78, 5) is 32.7. The van der Waals surface area contributed by atoms with Crippen LogP contribution in [0.2, 0.25) is 5.02 Å². The van der Waals surface area contributed by atoms with Gasteiger partial charge in [0.15, 0.2) is 11.5 Å². The fraction of sp³-hybridized carbons (Fsp3) is 0.375. The van der Waals surface area contributed by atoms with Crippen LogP contribution in [0.5, 0.6) is 0 Å². The van der Waals surface area contributed by atoms with Crippen molar-refractivity contribution in [2.75, 3.05) is 23.8 Å². The van der Waals surface area contributed by atoms with Gasteiger partial charge >= 0.3 is 0 Å². The van der Waals surface area contributed by atoms with E-state index in [9.17, 15) is 9.59 Å². The second kappa shape index (κ2) is 9.43. The largest absolute Gasteiger partial charge is 0.375 e. The van der Waals surface area contributed by atoms with Crippen LogP contribution in [0.25, 0.3) is 0 Å². The molecule has 0 unspecified atom stereocenters. The Balaban J connectivity index is 2.49. The van der Waals surface area contributed by atoms with Gasteiger partial charge in [-0.15, -0.1) is 0 Å². The highest BCUT2D eigenvalue weighted by Crippen LogP contribution is 2.27. The molecular weight excluding hydrogens is 398 g/mol. The van der Waals surface area contributed by atoms with E-state index in [4.69, 9.17) is 11.6 Å². The molecule has 0 bridgehead atoms. The standard InChI is InChI=1S/C24H30ClN3O2/c1-8-28(7)17-10-12-19(16(3)14-17)26-21(22(29)24(4,5)6)23(30)27-20-13-15(2)9-11-18(20)25/h9-14H,8H2,1-7H3,(H,27,30). The van der Waals surface area contributed by atoms with E-state index >= 15 is 0 Å². The van der Waals surface area contributed by atoms with Crippen molar-refractivity contribution >= 4 is 46.1 Å². The predicted octanol–water partition coefficient (Wildman–Crippen LogP) is 5.74. The minimum absolute atomic E-state index is 0.139. The van der Waals surface area contributed by atoms with Crippen molar-refractivity contribution in [2.45, 2.75) is 41.5 Å². The summed E-state index contributed by atoms with van der Waals surface area (Å²) < 4.78 is 0. The van der Waals surface area contributed by atoms with E-state index in [1.165, 1.54) is 0 Å². The molecule has 2 rings (SSSR count). The minimum atomic E-state index is -0.761. The number of aliphatic imine (C=N–C) groups is 1. The second-order valence-corrected chi connectivity index (χ2v) is 8.87. The van der Waals surface area contributed by atoms with Gasteiger partial charge in [-0.2, -0.15) is 0 Å². The van der Waals surface area contributed by atoms with Gasteiger partial charge in [-0.25, -0.2) is 4.99 Å². The molecule has 1 amide bonds. The Kier molecular flexibility index (Phi) is 7.43. The van der Waals surface area contributed by atoms with Crippen LogP contribution in [-0.2, 0) is 9.59 Å². The molecule has 5 nitrogen and oxygen atoms in total. The third kappa shape index (κ3) is 5.70. The summed E-state index contributed by atoms with van der Waals surface area (Å²) in [5.41, 5.74) is 3.01. The Labute approximate surface area is 184 Å². The number of carbonyl (C=O) groups is 2. The average Bonchev–Trinajstić information content (AvgIpc) is 2.67. The highest BCUT2D eigenvalue weighted by molar-refractivity contribution is 6.68. The number of halogens is 1. The number of anilines is 2. The quantitative estimate of drug-likeness (QED) is 0.472. The molecule has 0 saturated carbocycles. The SMILES string of the molecule is CCN(C)c1ccc(N=C(C(=O)Nc2cc(C)ccc2Cl)C(=O)C(C)(C)C)c(C)c1. The minimum Gasteiger partial charge on any atom is -0.375 e. The van der Waals surface area contributed by atoms with Crippen LogP contribution < -0.4 is 10.2 Å². The van der Waals surface area contributed by atoms with Crippen LogP contribution in [0.1, 0.15) is 38.8 Å². The number of carbonyl (C=O) groups excluding carboxylic acids is 2. The molecule has 0 aromatic heterocycles. The Bertz CT molecular complexity index is 990. The predicted molar refractivity (Wildman–Crippen MR) is 126 cm³/mol. The topological polar surface area (TPSA) is 61.8 Å². The van der Waals surface area contributed by atoms with Crippen molar-refractivity contribution in [3.05, 3.63) is 52.5 Å². The van der Waals surface area contributed by atoms with E-state index < -0.39 is 11.3 Å². The molecule has 0 atom stereocenters. The summed E-state index contributed by atoms with van der Waals surface area (Å²) >= 11 is 6.22. The molecule has 0 spiro atoms. The number of nitrogens with zero attached hydrogens (tertiary/aromatic N) is 2. The normalized spacial score (nSPS) is 11.9. The molecule has 0 aliphatic carbocycles. The van der Waals surface area contributed by atoms with Crippen molar-refractivity contribution < 1.29 is 9.59 Å². The van der Waals surface area contributed by atoms with Crippen molar-refractivity contribution in [1.82, 2.24) is 0 Å². The third-order valence-corrected chi connectivity index (χ3v) is 5.14. The molecule has 0 fully saturated rings. The number of ketones is 1. The van der Waals surface area contributed by atoms with Crippen molar-refractivity contribution in [2.24, 2.45) is 10.4 Å². The maximum absolute atomic E-state index is 13.1. The van der Waals surface area contributed by atoms with Crippen molar-refractivity contribution in [3.63, 3.8) is 0 Å². The van der Waals surface area contributed by atoms with Crippen LogP contribution in [0, 0.1) is 19.3 Å². The third-order valence-electron chi connectivity index (χ3n) is 4.81. The maximum Gasteiger partial charge on any atom is 0.278 e. The molecule has 0 radical (unpaired) electrons. The van der Waals surface area contributed by atoms with Gasteiger partial charge in [0.1, 0.15) is 0 Å². The zero-order valence-electron chi connectivity index (χ0n) is 18.8. The molecule has 2 aromatic carbocycles. The van der Waals surface area contributed by atoms with Gasteiger partial charge in [-0.1, -0.05) is 38.4 Å². The lowest BCUT2D eigenvalue weighted by Crippen LogP contribution is -2.37. The van der Waals surface area contributed by atoms with Crippen LogP contribution >= 0.6 is 11.6 Å². The zero-order chi connectivity index (χ0) is 22.6. The van der Waals surface area contributed by atoms with Crippen LogP contribution in [0.15, 0.2) is 41.4 Å². The van der Waals surface area contributed by atoms with Crippen LogP contribution in [-0.4, -0.2) is 31.0 Å². The average molecular weight is 428 g/mol. The molecule has 1 N–H and O–H groups in total. The van der Waals surface area contributed by atoms with Gasteiger partial charge in [-0.3, -0.25) is 9.59 Å². The molecule has 160 valence electrons. The monoisotopic (exact) mass is 427 g/mol. The van der Waals surface area contributed by atoms with E-state index in [1.54, 1.807) is 32.9 Å². The van der Waals surface area contributed by atoms with Crippen molar-refractivity contribution in [3.8, 4) is 0 Å². The van der Waals surface area contributed by atoms with E-state index in [0.29, 0.717) is 16.4 Å². The lowest BCUT2D eigenvalue weighted by Gasteiger charge is -2.19. The summed E-state index contributed by atoms with van der Waals surface area (Å²) in [6.45, 7) is 12.1. The smallest absolute Gasteiger partial charge is 0.278 e. The molecule has 30 heavy (non-hydrogen) atoms. The molecule has 0 aliphatic rings. The Morgan fingerprint density at radius 1 is 1.10 bits per heavy atom. The number of aryl methyl sites for hydroxylation is 2. The number of amides is 1. The molecule has 0 saturated heterocycles. The van der Waals surface area contributed by atoms with Crippen LogP contribution in [0.4, 0.5) is 17.1 Å². The van der Waals surface area contributed by atoms with Crippen molar-refractivity contribution in [1.29, 1.82) is 0 Å². The highest BCUT2D eigenvalue weighted by atomic mass is 35.5. The lowest BCUT2D eigenvalue weighted by molar-refractivity contribution is -0.121.